The van der Waals surface area contributed by atoms with E-state index in [4.69, 9.17) is 9.47 Å². The topological polar surface area (TPSA) is 59.8 Å². The van der Waals surface area contributed by atoms with Crippen molar-refractivity contribution in [2.24, 2.45) is 7.05 Å². The molecule has 2 aromatic rings. The summed E-state index contributed by atoms with van der Waals surface area (Å²) in [6.07, 6.45) is 0. The van der Waals surface area contributed by atoms with E-state index in [1.807, 2.05) is 44.0 Å². The lowest BCUT2D eigenvalue weighted by Crippen LogP contribution is -2.48. The molecule has 7 nitrogen and oxygen atoms in total. The van der Waals surface area contributed by atoms with E-state index in [0.29, 0.717) is 13.1 Å². The van der Waals surface area contributed by atoms with Crippen LogP contribution in [0.5, 0.6) is 11.5 Å². The Balaban J connectivity index is 1.65. The van der Waals surface area contributed by atoms with Gasteiger partial charge in [0.05, 0.1) is 25.5 Å². The van der Waals surface area contributed by atoms with Crippen molar-refractivity contribution in [1.82, 2.24) is 19.6 Å². The Kier molecular flexibility index (Phi) is 5.70. The largest absolute Gasteiger partial charge is 0.497 e. The van der Waals surface area contributed by atoms with Crippen LogP contribution < -0.4 is 9.47 Å². The second-order valence-corrected chi connectivity index (χ2v) is 6.92. The van der Waals surface area contributed by atoms with Gasteiger partial charge in [-0.15, -0.1) is 0 Å². The van der Waals surface area contributed by atoms with Gasteiger partial charge in [0.25, 0.3) is 5.91 Å². The zero-order chi connectivity index (χ0) is 19.6. The van der Waals surface area contributed by atoms with E-state index in [0.717, 1.165) is 53.6 Å². The highest BCUT2D eigenvalue weighted by Gasteiger charge is 2.26. The van der Waals surface area contributed by atoms with Crippen LogP contribution in [-0.2, 0) is 13.6 Å². The van der Waals surface area contributed by atoms with Gasteiger partial charge in [-0.25, -0.2) is 0 Å². The molecule has 0 N–H and O–H groups in total. The standard InChI is InChI=1S/C20H28N4O3/c1-14-19(15(2)22(3)21-14)20(25)24-10-8-23(9-11-24)13-16-12-17(26-4)6-7-18(16)27-5/h6-7,12H,8-11,13H2,1-5H3. The number of hydrogen-bond donors (Lipinski definition) is 0. The fraction of sp³-hybridized carbons (Fsp3) is 0.500. The van der Waals surface area contributed by atoms with Crippen LogP contribution in [0.15, 0.2) is 18.2 Å². The number of aromatic nitrogens is 2. The van der Waals surface area contributed by atoms with Gasteiger partial charge in [0, 0.05) is 51.0 Å². The Morgan fingerprint density at radius 2 is 1.81 bits per heavy atom. The molecule has 0 spiro atoms. The summed E-state index contributed by atoms with van der Waals surface area (Å²) in [5.41, 5.74) is 3.54. The molecule has 0 saturated carbocycles. The molecule has 1 aliphatic rings. The van der Waals surface area contributed by atoms with Crippen LogP contribution in [0.25, 0.3) is 0 Å². The van der Waals surface area contributed by atoms with Gasteiger partial charge in [-0.1, -0.05) is 0 Å². The number of hydrogen-bond acceptors (Lipinski definition) is 5. The van der Waals surface area contributed by atoms with Crippen LogP contribution in [-0.4, -0.2) is 65.9 Å². The van der Waals surface area contributed by atoms with Crippen molar-refractivity contribution < 1.29 is 14.3 Å². The third kappa shape index (κ3) is 3.93. The number of carbonyl (C=O) groups is 1. The van der Waals surface area contributed by atoms with E-state index in [9.17, 15) is 4.79 Å². The minimum atomic E-state index is 0.0803. The highest BCUT2D eigenvalue weighted by molar-refractivity contribution is 5.96. The van der Waals surface area contributed by atoms with Crippen molar-refractivity contribution >= 4 is 5.91 Å². The first-order chi connectivity index (χ1) is 12.9. The average Bonchev–Trinajstić information content (AvgIpc) is 2.93. The van der Waals surface area contributed by atoms with Crippen LogP contribution >= 0.6 is 0 Å². The van der Waals surface area contributed by atoms with Gasteiger partial charge >= 0.3 is 0 Å². The Labute approximate surface area is 160 Å². The number of rotatable bonds is 5. The first kappa shape index (κ1) is 19.2. The molecule has 1 aromatic carbocycles. The molecule has 1 saturated heterocycles. The lowest BCUT2D eigenvalue weighted by Gasteiger charge is -2.35. The van der Waals surface area contributed by atoms with Gasteiger partial charge in [-0.2, -0.15) is 5.10 Å². The maximum Gasteiger partial charge on any atom is 0.257 e. The highest BCUT2D eigenvalue weighted by atomic mass is 16.5. The number of benzene rings is 1. The first-order valence-electron chi connectivity index (χ1n) is 9.17. The van der Waals surface area contributed by atoms with Crippen molar-refractivity contribution in [3.05, 3.63) is 40.7 Å². The molecule has 1 aliphatic heterocycles. The zero-order valence-corrected chi connectivity index (χ0v) is 16.8. The molecule has 0 unspecified atom stereocenters. The number of amides is 1. The monoisotopic (exact) mass is 372 g/mol. The SMILES string of the molecule is COc1ccc(OC)c(CN2CCN(C(=O)c3c(C)nn(C)c3C)CC2)c1. The van der Waals surface area contributed by atoms with E-state index in [-0.39, 0.29) is 5.91 Å². The molecule has 27 heavy (non-hydrogen) atoms. The summed E-state index contributed by atoms with van der Waals surface area (Å²) >= 11 is 0. The molecule has 146 valence electrons. The van der Waals surface area contributed by atoms with Crippen LogP contribution in [0, 0.1) is 13.8 Å². The lowest BCUT2D eigenvalue weighted by molar-refractivity contribution is 0.0626. The van der Waals surface area contributed by atoms with Crippen molar-refractivity contribution in [2.75, 3.05) is 40.4 Å². The summed E-state index contributed by atoms with van der Waals surface area (Å²) < 4.78 is 12.6. The van der Waals surface area contributed by atoms with E-state index in [1.54, 1.807) is 18.9 Å². The Morgan fingerprint density at radius 3 is 2.37 bits per heavy atom. The average molecular weight is 372 g/mol. The van der Waals surface area contributed by atoms with Gasteiger partial charge in [0.15, 0.2) is 0 Å². The quantitative estimate of drug-likeness (QED) is 0.804. The molecule has 0 atom stereocenters. The predicted molar refractivity (Wildman–Crippen MR) is 103 cm³/mol. The van der Waals surface area contributed by atoms with E-state index >= 15 is 0 Å². The molecule has 0 aliphatic carbocycles. The number of piperazine rings is 1. The molecule has 1 fully saturated rings. The van der Waals surface area contributed by atoms with E-state index in [2.05, 4.69) is 10.00 Å². The fourth-order valence-electron chi connectivity index (χ4n) is 3.60. The third-order valence-corrected chi connectivity index (χ3v) is 5.26. The Hall–Kier alpha value is -2.54. The number of nitrogens with zero attached hydrogens (tertiary/aromatic N) is 4. The third-order valence-electron chi connectivity index (χ3n) is 5.26. The minimum Gasteiger partial charge on any atom is -0.497 e. The van der Waals surface area contributed by atoms with Crippen LogP contribution in [0.4, 0.5) is 0 Å². The van der Waals surface area contributed by atoms with Gasteiger partial charge in [0.2, 0.25) is 0 Å². The highest BCUT2D eigenvalue weighted by Crippen LogP contribution is 2.26. The summed E-state index contributed by atoms with van der Waals surface area (Å²) in [5.74, 6) is 1.76. The molecule has 7 heteroatoms. The molecule has 1 aromatic heterocycles. The summed E-state index contributed by atoms with van der Waals surface area (Å²) in [6.45, 7) is 7.67. The molecule has 3 rings (SSSR count). The van der Waals surface area contributed by atoms with Gasteiger partial charge in [-0.05, 0) is 32.0 Å². The van der Waals surface area contributed by atoms with Crippen molar-refractivity contribution in [3.8, 4) is 11.5 Å². The lowest BCUT2D eigenvalue weighted by atomic mass is 10.1. The van der Waals surface area contributed by atoms with E-state index < -0.39 is 0 Å². The first-order valence-corrected chi connectivity index (χ1v) is 9.17. The van der Waals surface area contributed by atoms with Gasteiger partial charge in [-0.3, -0.25) is 14.4 Å². The van der Waals surface area contributed by atoms with Crippen LogP contribution in [0.3, 0.4) is 0 Å². The summed E-state index contributed by atoms with van der Waals surface area (Å²) in [6, 6.07) is 5.85. The maximum absolute atomic E-state index is 12.9. The van der Waals surface area contributed by atoms with Crippen molar-refractivity contribution in [1.29, 1.82) is 0 Å². The summed E-state index contributed by atoms with van der Waals surface area (Å²) in [4.78, 5) is 17.2. The maximum atomic E-state index is 12.9. The molecule has 1 amide bonds. The number of ether oxygens (including phenoxy) is 2. The van der Waals surface area contributed by atoms with Crippen LogP contribution in [0.1, 0.15) is 27.3 Å². The van der Waals surface area contributed by atoms with Crippen molar-refractivity contribution in [3.63, 3.8) is 0 Å². The number of carbonyl (C=O) groups excluding carboxylic acids is 1. The fourth-order valence-corrected chi connectivity index (χ4v) is 3.60. The zero-order valence-electron chi connectivity index (χ0n) is 16.8. The van der Waals surface area contributed by atoms with Crippen LogP contribution in [0.2, 0.25) is 0 Å². The molecule has 0 radical (unpaired) electrons. The second kappa shape index (κ2) is 8.00. The minimum absolute atomic E-state index is 0.0803. The Bertz CT molecular complexity index is 823. The van der Waals surface area contributed by atoms with E-state index in [1.165, 1.54) is 0 Å². The summed E-state index contributed by atoms with van der Waals surface area (Å²) in [5, 5.41) is 4.37. The predicted octanol–water partition coefficient (Wildman–Crippen LogP) is 2.01. The molecular weight excluding hydrogens is 344 g/mol. The molecule has 0 bridgehead atoms. The van der Waals surface area contributed by atoms with Crippen molar-refractivity contribution in [2.45, 2.75) is 20.4 Å². The Morgan fingerprint density at radius 1 is 1.11 bits per heavy atom. The normalized spacial score (nSPS) is 15.1. The second-order valence-electron chi connectivity index (χ2n) is 6.92. The smallest absolute Gasteiger partial charge is 0.257 e. The molecule has 2 heterocycles. The number of methoxy groups -OCH3 is 2. The summed E-state index contributed by atoms with van der Waals surface area (Å²) in [7, 11) is 5.22. The van der Waals surface area contributed by atoms with Gasteiger partial charge < -0.3 is 14.4 Å². The molecular formula is C20H28N4O3. The van der Waals surface area contributed by atoms with Gasteiger partial charge in [0.1, 0.15) is 11.5 Å². The number of aryl methyl sites for hydroxylation is 2.